The molecule has 3 aromatic rings. The van der Waals surface area contributed by atoms with Gasteiger partial charge >= 0.3 is 0 Å². The number of nitrogens with one attached hydrogen (secondary N) is 1. The average Bonchev–Trinajstić information content (AvgIpc) is 2.92. The van der Waals surface area contributed by atoms with Crippen LogP contribution in [0.3, 0.4) is 0 Å². The number of hydrogen-bond acceptors (Lipinski definition) is 5. The molecule has 1 atom stereocenters. The number of nitrogens with zero attached hydrogens (tertiary/aromatic N) is 2. The van der Waals surface area contributed by atoms with Gasteiger partial charge in [0.1, 0.15) is 11.3 Å². The quantitative estimate of drug-likeness (QED) is 0.780. The molecule has 6 nitrogen and oxygen atoms in total. The highest BCUT2D eigenvalue weighted by Crippen LogP contribution is 2.28. The Hall–Kier alpha value is -2.89. The molecule has 124 valence electrons. The lowest BCUT2D eigenvalue weighted by atomic mass is 10.1. The molecule has 0 fully saturated rings. The van der Waals surface area contributed by atoms with Crippen LogP contribution in [-0.2, 0) is 6.42 Å². The number of carbonyl (C=O) groups is 1. The molecule has 0 aliphatic carbocycles. The Morgan fingerprint density at radius 1 is 1.38 bits per heavy atom. The monoisotopic (exact) mass is 325 g/mol. The van der Waals surface area contributed by atoms with Crippen LogP contribution >= 0.6 is 0 Å². The minimum atomic E-state index is -0.237. The van der Waals surface area contributed by atoms with Crippen LogP contribution in [0.15, 0.2) is 41.2 Å². The smallest absolute Gasteiger partial charge is 0.287 e. The highest BCUT2D eigenvalue weighted by atomic mass is 16.5. The number of amides is 1. The number of aromatic nitrogens is 2. The maximum Gasteiger partial charge on any atom is 0.287 e. The zero-order valence-corrected chi connectivity index (χ0v) is 13.9. The van der Waals surface area contributed by atoms with E-state index in [1.54, 1.807) is 31.8 Å². The highest BCUT2D eigenvalue weighted by molar-refractivity contribution is 5.99. The van der Waals surface area contributed by atoms with Gasteiger partial charge < -0.3 is 14.5 Å². The molecule has 2 aromatic heterocycles. The van der Waals surface area contributed by atoms with E-state index in [1.807, 2.05) is 26.0 Å². The molecule has 0 radical (unpaired) electrons. The molecule has 2 heterocycles. The summed E-state index contributed by atoms with van der Waals surface area (Å²) in [6.07, 6.45) is 5.56. The first-order valence-corrected chi connectivity index (χ1v) is 7.71. The van der Waals surface area contributed by atoms with Crippen molar-refractivity contribution in [2.75, 3.05) is 7.11 Å². The van der Waals surface area contributed by atoms with Gasteiger partial charge in [-0.1, -0.05) is 0 Å². The number of rotatable bonds is 5. The minimum Gasteiger partial charge on any atom is -0.497 e. The Morgan fingerprint density at radius 2 is 2.21 bits per heavy atom. The molecule has 1 aromatic carbocycles. The van der Waals surface area contributed by atoms with E-state index in [1.165, 1.54) is 0 Å². The van der Waals surface area contributed by atoms with Crippen molar-refractivity contribution in [1.29, 1.82) is 0 Å². The van der Waals surface area contributed by atoms with E-state index in [0.717, 1.165) is 16.6 Å². The summed E-state index contributed by atoms with van der Waals surface area (Å²) in [5.74, 6) is 0.780. The summed E-state index contributed by atoms with van der Waals surface area (Å²) >= 11 is 0. The van der Waals surface area contributed by atoms with Crippen molar-refractivity contribution in [1.82, 2.24) is 15.3 Å². The Bertz CT molecular complexity index is 859. The second kappa shape index (κ2) is 6.70. The normalized spacial score (nSPS) is 12.1. The number of fused-ring (bicyclic) bond motifs is 1. The lowest BCUT2D eigenvalue weighted by Crippen LogP contribution is -2.34. The Morgan fingerprint density at radius 3 is 2.92 bits per heavy atom. The summed E-state index contributed by atoms with van der Waals surface area (Å²) in [4.78, 5) is 20.8. The van der Waals surface area contributed by atoms with E-state index >= 15 is 0 Å². The molecule has 0 bridgehead atoms. The summed E-state index contributed by atoms with van der Waals surface area (Å²) in [6.45, 7) is 3.80. The lowest BCUT2D eigenvalue weighted by Gasteiger charge is -2.12. The number of benzene rings is 1. The van der Waals surface area contributed by atoms with Gasteiger partial charge in [0.25, 0.3) is 5.91 Å². The van der Waals surface area contributed by atoms with Gasteiger partial charge in [0.15, 0.2) is 5.76 Å². The largest absolute Gasteiger partial charge is 0.497 e. The molecule has 0 saturated heterocycles. The molecule has 24 heavy (non-hydrogen) atoms. The van der Waals surface area contributed by atoms with Gasteiger partial charge in [-0.25, -0.2) is 0 Å². The van der Waals surface area contributed by atoms with Crippen molar-refractivity contribution in [2.24, 2.45) is 0 Å². The fourth-order valence-electron chi connectivity index (χ4n) is 2.64. The number of hydrogen-bond donors (Lipinski definition) is 1. The topological polar surface area (TPSA) is 77.2 Å². The van der Waals surface area contributed by atoms with Crippen LogP contribution in [0.5, 0.6) is 5.75 Å². The van der Waals surface area contributed by atoms with Crippen LogP contribution in [0.2, 0.25) is 0 Å². The second-order valence-corrected chi connectivity index (χ2v) is 5.69. The van der Waals surface area contributed by atoms with Crippen LogP contribution in [0.4, 0.5) is 0 Å². The van der Waals surface area contributed by atoms with Gasteiger partial charge in [-0.05, 0) is 26.0 Å². The molecule has 0 saturated carbocycles. The summed E-state index contributed by atoms with van der Waals surface area (Å²) in [6, 6.07) is 5.44. The maximum atomic E-state index is 12.5. The van der Waals surface area contributed by atoms with Gasteiger partial charge in [0.05, 0.1) is 12.8 Å². The molecule has 0 spiro atoms. The van der Waals surface area contributed by atoms with E-state index in [4.69, 9.17) is 9.15 Å². The fraction of sp³-hybridized carbons (Fsp3) is 0.278. The summed E-state index contributed by atoms with van der Waals surface area (Å²) in [7, 11) is 1.60. The third-order valence-corrected chi connectivity index (χ3v) is 3.86. The SMILES string of the molecule is COc1ccc2c(C)c(C(=O)NC(C)Cc3cnccn3)oc2c1. The molecule has 1 amide bonds. The summed E-state index contributed by atoms with van der Waals surface area (Å²) in [5, 5.41) is 3.85. The van der Waals surface area contributed by atoms with Crippen LogP contribution in [0.1, 0.15) is 28.7 Å². The van der Waals surface area contributed by atoms with Crippen molar-refractivity contribution < 1.29 is 13.9 Å². The molecule has 0 aliphatic rings. The Kier molecular flexibility index (Phi) is 4.46. The third-order valence-electron chi connectivity index (χ3n) is 3.86. The van der Waals surface area contributed by atoms with Crippen molar-refractivity contribution >= 4 is 16.9 Å². The molecule has 6 heteroatoms. The zero-order chi connectivity index (χ0) is 17.1. The Labute approximate surface area is 139 Å². The molecular weight excluding hydrogens is 306 g/mol. The molecule has 1 unspecified atom stereocenters. The van der Waals surface area contributed by atoms with Gasteiger partial charge in [0.2, 0.25) is 0 Å². The standard InChI is InChI=1S/C18H19N3O3/c1-11(8-13-10-19-6-7-20-13)21-18(22)17-12(2)15-5-4-14(23-3)9-16(15)24-17/h4-7,9-11H,8H2,1-3H3,(H,21,22). The predicted octanol–water partition coefficient (Wildman–Crippen LogP) is 2.90. The zero-order valence-electron chi connectivity index (χ0n) is 13.9. The molecule has 1 N–H and O–H groups in total. The number of furan rings is 1. The number of aryl methyl sites for hydroxylation is 1. The third kappa shape index (κ3) is 3.22. The molecule has 0 aliphatic heterocycles. The first kappa shape index (κ1) is 16.0. The average molecular weight is 325 g/mol. The van der Waals surface area contributed by atoms with E-state index < -0.39 is 0 Å². The molecular formula is C18H19N3O3. The van der Waals surface area contributed by atoms with Crippen molar-refractivity contribution in [3.63, 3.8) is 0 Å². The van der Waals surface area contributed by atoms with Gasteiger partial charge in [-0.3, -0.25) is 14.8 Å². The Balaban J connectivity index is 1.77. The maximum absolute atomic E-state index is 12.5. The van der Waals surface area contributed by atoms with Gasteiger partial charge in [-0.15, -0.1) is 0 Å². The van der Waals surface area contributed by atoms with Crippen molar-refractivity contribution in [3.05, 3.63) is 53.8 Å². The van der Waals surface area contributed by atoms with Crippen molar-refractivity contribution in [2.45, 2.75) is 26.3 Å². The highest BCUT2D eigenvalue weighted by Gasteiger charge is 2.19. The second-order valence-electron chi connectivity index (χ2n) is 5.69. The van der Waals surface area contributed by atoms with E-state index in [9.17, 15) is 4.79 Å². The number of ether oxygens (including phenoxy) is 1. The van der Waals surface area contributed by atoms with E-state index in [0.29, 0.717) is 23.5 Å². The van der Waals surface area contributed by atoms with Crippen LogP contribution in [0.25, 0.3) is 11.0 Å². The summed E-state index contributed by atoms with van der Waals surface area (Å²) in [5.41, 5.74) is 2.28. The van der Waals surface area contributed by atoms with Crippen LogP contribution in [-0.4, -0.2) is 29.0 Å². The van der Waals surface area contributed by atoms with E-state index in [-0.39, 0.29) is 11.9 Å². The van der Waals surface area contributed by atoms with E-state index in [2.05, 4.69) is 15.3 Å². The first-order chi connectivity index (χ1) is 11.6. The lowest BCUT2D eigenvalue weighted by molar-refractivity contribution is 0.0913. The fourth-order valence-corrected chi connectivity index (χ4v) is 2.64. The van der Waals surface area contributed by atoms with Crippen molar-refractivity contribution in [3.8, 4) is 5.75 Å². The summed E-state index contributed by atoms with van der Waals surface area (Å²) < 4.78 is 10.9. The number of carbonyl (C=O) groups excluding carboxylic acids is 1. The van der Waals surface area contributed by atoms with Crippen LogP contribution < -0.4 is 10.1 Å². The van der Waals surface area contributed by atoms with Gasteiger partial charge in [-0.2, -0.15) is 0 Å². The van der Waals surface area contributed by atoms with Gasteiger partial charge in [0, 0.05) is 48.1 Å². The van der Waals surface area contributed by atoms with Crippen LogP contribution in [0, 0.1) is 6.92 Å². The predicted molar refractivity (Wildman–Crippen MR) is 90.2 cm³/mol. The first-order valence-electron chi connectivity index (χ1n) is 7.71. The minimum absolute atomic E-state index is 0.0867. The molecule has 3 rings (SSSR count). The number of methoxy groups -OCH3 is 1.